The average molecular weight is 486 g/mol. The fourth-order valence-electron chi connectivity index (χ4n) is 3.71. The molecule has 184 valence electrons. The number of rotatable bonds is 7. The lowest BCUT2D eigenvalue weighted by Crippen LogP contribution is -2.32. The van der Waals surface area contributed by atoms with Gasteiger partial charge in [0.2, 0.25) is 0 Å². The summed E-state index contributed by atoms with van der Waals surface area (Å²) in [5.41, 5.74) is 3.39. The molecule has 0 unspecified atom stereocenters. The summed E-state index contributed by atoms with van der Waals surface area (Å²) in [5, 5.41) is 6.41. The number of anilines is 2. The normalized spacial score (nSPS) is 10.6. The second kappa shape index (κ2) is 10.7. The zero-order valence-corrected chi connectivity index (χ0v) is 20.5. The molecule has 0 aliphatic carbocycles. The largest absolute Gasteiger partial charge is 0.493 e. The number of aryl methyl sites for hydroxylation is 1. The molecule has 0 aliphatic heterocycles. The van der Waals surface area contributed by atoms with Gasteiger partial charge in [-0.2, -0.15) is 0 Å². The van der Waals surface area contributed by atoms with E-state index < -0.39 is 6.03 Å². The van der Waals surface area contributed by atoms with Crippen LogP contribution in [0.4, 0.5) is 16.3 Å². The molecule has 1 aromatic heterocycles. The topological polar surface area (TPSA) is 106 Å². The third-order valence-electron chi connectivity index (χ3n) is 5.78. The van der Waals surface area contributed by atoms with E-state index in [2.05, 4.69) is 20.6 Å². The Morgan fingerprint density at radius 1 is 0.944 bits per heavy atom. The van der Waals surface area contributed by atoms with Gasteiger partial charge in [0.25, 0.3) is 5.91 Å². The maximum Gasteiger partial charge on any atom is 0.327 e. The molecule has 9 heteroatoms. The van der Waals surface area contributed by atoms with E-state index in [1.165, 1.54) is 18.3 Å². The first-order valence-electron chi connectivity index (χ1n) is 11.3. The van der Waals surface area contributed by atoms with Crippen LogP contribution in [0.1, 0.15) is 21.5 Å². The lowest BCUT2D eigenvalue weighted by molar-refractivity contribution is 0.0951. The van der Waals surface area contributed by atoms with Crippen LogP contribution >= 0.6 is 0 Å². The smallest absolute Gasteiger partial charge is 0.327 e. The van der Waals surface area contributed by atoms with E-state index >= 15 is 0 Å². The van der Waals surface area contributed by atoms with Crippen LogP contribution in [0.25, 0.3) is 10.9 Å². The molecular formula is C27H27N5O4. The van der Waals surface area contributed by atoms with Gasteiger partial charge < -0.3 is 20.1 Å². The van der Waals surface area contributed by atoms with E-state index in [0.717, 1.165) is 11.1 Å². The summed E-state index contributed by atoms with van der Waals surface area (Å²) in [6.45, 7) is 2.27. The molecule has 0 radical (unpaired) electrons. The number of nitrogens with one attached hydrogen (secondary N) is 2. The van der Waals surface area contributed by atoms with Crippen molar-refractivity contribution in [3.63, 3.8) is 0 Å². The van der Waals surface area contributed by atoms with Crippen LogP contribution < -0.4 is 25.0 Å². The van der Waals surface area contributed by atoms with Gasteiger partial charge in [0.15, 0.2) is 11.5 Å². The van der Waals surface area contributed by atoms with Gasteiger partial charge in [0.05, 0.1) is 19.7 Å². The van der Waals surface area contributed by atoms with Crippen molar-refractivity contribution in [1.29, 1.82) is 0 Å². The zero-order chi connectivity index (χ0) is 25.7. The Balaban J connectivity index is 1.54. The van der Waals surface area contributed by atoms with Gasteiger partial charge in [-0.1, -0.05) is 36.4 Å². The maximum atomic E-state index is 13.2. The number of carbonyl (C=O) groups is 2. The molecule has 0 aliphatic rings. The summed E-state index contributed by atoms with van der Waals surface area (Å²) in [5.74, 6) is 1.19. The third-order valence-corrected chi connectivity index (χ3v) is 5.78. The summed E-state index contributed by atoms with van der Waals surface area (Å²) in [4.78, 5) is 35.9. The van der Waals surface area contributed by atoms with Crippen molar-refractivity contribution < 1.29 is 19.1 Å². The molecule has 0 spiro atoms. The Morgan fingerprint density at radius 3 is 2.39 bits per heavy atom. The summed E-state index contributed by atoms with van der Waals surface area (Å²) >= 11 is 0. The number of benzene rings is 3. The quantitative estimate of drug-likeness (QED) is 0.398. The standard InChI is InChI=1S/C27H27N5O4/c1-17-10-11-19(26(33)28-15-18-8-6-5-7-9-18)12-21(17)31-27(34)32(2)25-20-13-23(35-3)24(36-4)14-22(20)29-16-30-25/h5-14,16H,15H2,1-4H3,(H,28,33)(H,31,34). The molecule has 0 saturated heterocycles. The van der Waals surface area contributed by atoms with E-state index in [0.29, 0.717) is 46.0 Å². The molecule has 2 N–H and O–H groups in total. The van der Waals surface area contributed by atoms with Crippen molar-refractivity contribution in [2.75, 3.05) is 31.5 Å². The molecule has 0 bridgehead atoms. The number of aromatic nitrogens is 2. The van der Waals surface area contributed by atoms with Crippen LogP contribution in [-0.4, -0.2) is 43.2 Å². The van der Waals surface area contributed by atoms with Crippen LogP contribution in [0, 0.1) is 6.92 Å². The lowest BCUT2D eigenvalue weighted by Gasteiger charge is -2.20. The van der Waals surface area contributed by atoms with Crippen LogP contribution in [-0.2, 0) is 6.54 Å². The summed E-state index contributed by atoms with van der Waals surface area (Å²) in [7, 11) is 4.69. The molecule has 0 atom stereocenters. The predicted octanol–water partition coefficient (Wildman–Crippen LogP) is 4.55. The highest BCUT2D eigenvalue weighted by Crippen LogP contribution is 2.34. The first-order chi connectivity index (χ1) is 17.4. The second-order valence-corrected chi connectivity index (χ2v) is 8.11. The predicted molar refractivity (Wildman–Crippen MR) is 139 cm³/mol. The van der Waals surface area contributed by atoms with E-state index in [1.807, 2.05) is 37.3 Å². The first-order valence-corrected chi connectivity index (χ1v) is 11.3. The Morgan fingerprint density at radius 2 is 1.67 bits per heavy atom. The van der Waals surface area contributed by atoms with Gasteiger partial charge in [-0.3, -0.25) is 9.69 Å². The highest BCUT2D eigenvalue weighted by atomic mass is 16.5. The number of urea groups is 1. The number of amides is 3. The minimum absolute atomic E-state index is 0.231. The number of ether oxygens (including phenoxy) is 2. The van der Waals surface area contributed by atoms with Gasteiger partial charge in [0.1, 0.15) is 12.1 Å². The highest BCUT2D eigenvalue weighted by molar-refractivity contribution is 6.07. The number of carbonyl (C=O) groups excluding carboxylic acids is 2. The second-order valence-electron chi connectivity index (χ2n) is 8.11. The van der Waals surface area contributed by atoms with Crippen LogP contribution in [0.5, 0.6) is 11.5 Å². The molecular weight excluding hydrogens is 458 g/mol. The fraction of sp³-hybridized carbons (Fsp3) is 0.185. The molecule has 3 aromatic carbocycles. The van der Waals surface area contributed by atoms with Gasteiger partial charge >= 0.3 is 6.03 Å². The Labute approximate surface area is 209 Å². The van der Waals surface area contributed by atoms with E-state index in [1.54, 1.807) is 44.5 Å². The van der Waals surface area contributed by atoms with Crippen molar-refractivity contribution in [3.8, 4) is 11.5 Å². The summed E-state index contributed by atoms with van der Waals surface area (Å²) < 4.78 is 10.7. The van der Waals surface area contributed by atoms with Crippen molar-refractivity contribution in [2.45, 2.75) is 13.5 Å². The molecule has 4 rings (SSSR count). The zero-order valence-electron chi connectivity index (χ0n) is 20.5. The number of fused-ring (bicyclic) bond motifs is 1. The van der Waals surface area contributed by atoms with E-state index in [-0.39, 0.29) is 5.91 Å². The molecule has 0 fully saturated rings. The van der Waals surface area contributed by atoms with Crippen molar-refractivity contribution in [2.24, 2.45) is 0 Å². The lowest BCUT2D eigenvalue weighted by atomic mass is 10.1. The van der Waals surface area contributed by atoms with Gasteiger partial charge in [-0.15, -0.1) is 0 Å². The minimum Gasteiger partial charge on any atom is -0.493 e. The van der Waals surface area contributed by atoms with Gasteiger partial charge in [-0.25, -0.2) is 14.8 Å². The third kappa shape index (κ3) is 5.20. The van der Waals surface area contributed by atoms with Crippen molar-refractivity contribution >= 4 is 34.3 Å². The molecule has 3 amide bonds. The first kappa shape index (κ1) is 24.5. The van der Waals surface area contributed by atoms with Crippen molar-refractivity contribution in [3.05, 3.63) is 83.7 Å². The Bertz CT molecular complexity index is 1410. The van der Waals surface area contributed by atoms with Crippen LogP contribution in [0.3, 0.4) is 0 Å². The Kier molecular flexibility index (Phi) is 7.29. The maximum absolute atomic E-state index is 13.2. The van der Waals surface area contributed by atoms with Crippen molar-refractivity contribution in [1.82, 2.24) is 15.3 Å². The number of methoxy groups -OCH3 is 2. The fourth-order valence-corrected chi connectivity index (χ4v) is 3.71. The SMILES string of the molecule is COc1cc2ncnc(N(C)C(=O)Nc3cc(C(=O)NCc4ccccc4)ccc3C)c2cc1OC. The molecule has 36 heavy (non-hydrogen) atoms. The molecule has 0 saturated carbocycles. The Hall–Kier alpha value is -4.66. The summed E-state index contributed by atoms with van der Waals surface area (Å²) in [6.07, 6.45) is 1.39. The number of hydrogen-bond donors (Lipinski definition) is 2. The van der Waals surface area contributed by atoms with E-state index in [4.69, 9.17) is 9.47 Å². The van der Waals surface area contributed by atoms with Crippen LogP contribution in [0.15, 0.2) is 67.0 Å². The summed E-state index contributed by atoms with van der Waals surface area (Å²) in [6, 6.07) is 17.9. The number of nitrogens with zero attached hydrogens (tertiary/aromatic N) is 3. The number of hydrogen-bond acceptors (Lipinski definition) is 6. The van der Waals surface area contributed by atoms with E-state index in [9.17, 15) is 9.59 Å². The molecule has 1 heterocycles. The highest BCUT2D eigenvalue weighted by Gasteiger charge is 2.19. The van der Waals surface area contributed by atoms with Crippen LogP contribution in [0.2, 0.25) is 0 Å². The van der Waals surface area contributed by atoms with Gasteiger partial charge in [-0.05, 0) is 36.2 Å². The minimum atomic E-state index is -0.422. The van der Waals surface area contributed by atoms with Gasteiger partial charge in [0, 0.05) is 36.3 Å². The monoisotopic (exact) mass is 485 g/mol. The molecule has 4 aromatic rings. The average Bonchev–Trinajstić information content (AvgIpc) is 2.91. The molecule has 9 nitrogen and oxygen atoms in total.